The molecule has 0 spiro atoms. The lowest BCUT2D eigenvalue weighted by atomic mass is 10.1. The molecule has 1 fully saturated rings. The van der Waals surface area contributed by atoms with E-state index in [-0.39, 0.29) is 0 Å². The van der Waals surface area contributed by atoms with Gasteiger partial charge in [-0.05, 0) is 43.6 Å². The summed E-state index contributed by atoms with van der Waals surface area (Å²) in [5, 5.41) is 13.5. The molecule has 1 aromatic carbocycles. The van der Waals surface area contributed by atoms with Crippen LogP contribution in [0.25, 0.3) is 0 Å². The Morgan fingerprint density at radius 2 is 2.28 bits per heavy atom. The average Bonchev–Trinajstić information content (AvgIpc) is 2.80. The molecule has 0 heterocycles. The SMILES string of the molecule is CCSC1CCC(Nc2c(C)cccc2C#N)C1. The Morgan fingerprint density at radius 1 is 1.44 bits per heavy atom. The van der Waals surface area contributed by atoms with Gasteiger partial charge in [0.25, 0.3) is 0 Å². The van der Waals surface area contributed by atoms with Gasteiger partial charge in [0.2, 0.25) is 0 Å². The maximum atomic E-state index is 9.16. The predicted molar refractivity (Wildman–Crippen MR) is 79.1 cm³/mol. The summed E-state index contributed by atoms with van der Waals surface area (Å²) in [5.41, 5.74) is 2.97. The molecule has 18 heavy (non-hydrogen) atoms. The zero-order chi connectivity index (χ0) is 13.0. The van der Waals surface area contributed by atoms with Crippen LogP contribution in [0.3, 0.4) is 0 Å². The lowest BCUT2D eigenvalue weighted by Crippen LogP contribution is -2.17. The highest BCUT2D eigenvalue weighted by Crippen LogP contribution is 2.32. The molecule has 1 saturated carbocycles. The summed E-state index contributed by atoms with van der Waals surface area (Å²) in [6.45, 7) is 4.29. The van der Waals surface area contributed by atoms with Gasteiger partial charge in [0.15, 0.2) is 0 Å². The van der Waals surface area contributed by atoms with Crippen LogP contribution in [0.4, 0.5) is 5.69 Å². The van der Waals surface area contributed by atoms with E-state index in [0.29, 0.717) is 6.04 Å². The second-order valence-electron chi connectivity index (χ2n) is 4.84. The average molecular weight is 260 g/mol. The molecule has 0 aliphatic heterocycles. The van der Waals surface area contributed by atoms with Crippen LogP contribution in [-0.4, -0.2) is 17.0 Å². The summed E-state index contributed by atoms with van der Waals surface area (Å²) in [6, 6.07) is 8.71. The molecule has 2 rings (SSSR count). The van der Waals surface area contributed by atoms with Gasteiger partial charge in [-0.1, -0.05) is 19.1 Å². The minimum atomic E-state index is 0.530. The first-order valence-electron chi connectivity index (χ1n) is 6.62. The van der Waals surface area contributed by atoms with Crippen LogP contribution in [0.1, 0.15) is 37.3 Å². The molecule has 1 N–H and O–H groups in total. The van der Waals surface area contributed by atoms with Gasteiger partial charge in [-0.15, -0.1) is 0 Å². The molecular weight excluding hydrogens is 240 g/mol. The molecule has 0 amide bonds. The molecule has 2 unspecified atom stereocenters. The summed E-state index contributed by atoms with van der Waals surface area (Å²) in [7, 11) is 0. The first-order chi connectivity index (χ1) is 8.74. The largest absolute Gasteiger partial charge is 0.381 e. The molecule has 1 aliphatic carbocycles. The van der Waals surface area contributed by atoms with Gasteiger partial charge in [0.05, 0.1) is 11.3 Å². The third-order valence-electron chi connectivity index (χ3n) is 3.53. The van der Waals surface area contributed by atoms with Crippen molar-refractivity contribution in [3.8, 4) is 6.07 Å². The summed E-state index contributed by atoms with van der Waals surface area (Å²) in [4.78, 5) is 0. The van der Waals surface area contributed by atoms with E-state index >= 15 is 0 Å². The highest BCUT2D eigenvalue weighted by atomic mass is 32.2. The van der Waals surface area contributed by atoms with Gasteiger partial charge >= 0.3 is 0 Å². The number of benzene rings is 1. The Kier molecular flexibility index (Phi) is 4.54. The first-order valence-corrected chi connectivity index (χ1v) is 7.67. The third kappa shape index (κ3) is 3.00. The minimum Gasteiger partial charge on any atom is -0.381 e. The summed E-state index contributed by atoms with van der Waals surface area (Å²) in [5.74, 6) is 1.20. The highest BCUT2D eigenvalue weighted by Gasteiger charge is 2.25. The number of nitriles is 1. The Morgan fingerprint density at radius 3 is 3.00 bits per heavy atom. The maximum absolute atomic E-state index is 9.16. The van der Waals surface area contributed by atoms with Crippen LogP contribution in [0, 0.1) is 18.3 Å². The van der Waals surface area contributed by atoms with Gasteiger partial charge in [-0.3, -0.25) is 0 Å². The predicted octanol–water partition coefficient (Wildman–Crippen LogP) is 3.95. The number of hydrogen-bond donors (Lipinski definition) is 1. The van der Waals surface area contributed by atoms with Crippen molar-refractivity contribution in [1.82, 2.24) is 0 Å². The summed E-state index contributed by atoms with van der Waals surface area (Å²) < 4.78 is 0. The van der Waals surface area contributed by atoms with Crippen LogP contribution in [0.2, 0.25) is 0 Å². The van der Waals surface area contributed by atoms with E-state index in [2.05, 4.69) is 43.1 Å². The van der Waals surface area contributed by atoms with Crippen molar-refractivity contribution in [3.63, 3.8) is 0 Å². The van der Waals surface area contributed by atoms with E-state index < -0.39 is 0 Å². The second kappa shape index (κ2) is 6.15. The van der Waals surface area contributed by atoms with E-state index in [0.717, 1.165) is 16.5 Å². The standard InChI is InChI=1S/C15H20N2S/c1-3-18-14-8-7-13(9-14)17-15-11(2)5-4-6-12(15)10-16/h4-6,13-14,17H,3,7-9H2,1-2H3. The minimum absolute atomic E-state index is 0.530. The van der Waals surface area contributed by atoms with Crippen LogP contribution < -0.4 is 5.32 Å². The van der Waals surface area contributed by atoms with Crippen LogP contribution >= 0.6 is 11.8 Å². The number of para-hydroxylation sites is 1. The second-order valence-corrected chi connectivity index (χ2v) is 6.42. The van der Waals surface area contributed by atoms with E-state index in [9.17, 15) is 0 Å². The third-order valence-corrected chi connectivity index (χ3v) is 4.76. The quantitative estimate of drug-likeness (QED) is 0.890. The number of hydrogen-bond acceptors (Lipinski definition) is 3. The first kappa shape index (κ1) is 13.3. The summed E-state index contributed by atoms with van der Waals surface area (Å²) >= 11 is 2.06. The zero-order valence-corrected chi connectivity index (χ0v) is 11.9. The fourth-order valence-corrected chi connectivity index (χ4v) is 3.76. The fourth-order valence-electron chi connectivity index (χ4n) is 2.61. The Bertz CT molecular complexity index is 450. The van der Waals surface area contributed by atoms with Gasteiger partial charge in [0, 0.05) is 11.3 Å². The fraction of sp³-hybridized carbons (Fsp3) is 0.533. The molecule has 2 nitrogen and oxygen atoms in total. The monoisotopic (exact) mass is 260 g/mol. The van der Waals surface area contributed by atoms with Gasteiger partial charge < -0.3 is 5.32 Å². The van der Waals surface area contributed by atoms with Crippen molar-refractivity contribution < 1.29 is 0 Å². The number of thioether (sulfide) groups is 1. The van der Waals surface area contributed by atoms with E-state index in [1.807, 2.05) is 12.1 Å². The van der Waals surface area contributed by atoms with E-state index in [1.54, 1.807) is 0 Å². The molecule has 0 saturated heterocycles. The molecular formula is C15H20N2S. The molecule has 3 heteroatoms. The van der Waals surface area contributed by atoms with Crippen LogP contribution in [0.5, 0.6) is 0 Å². The maximum Gasteiger partial charge on any atom is 0.101 e. The van der Waals surface area contributed by atoms with Crippen LogP contribution in [0.15, 0.2) is 18.2 Å². The number of nitrogens with zero attached hydrogens (tertiary/aromatic N) is 1. The molecule has 96 valence electrons. The van der Waals surface area contributed by atoms with Crippen molar-refractivity contribution in [1.29, 1.82) is 5.26 Å². The molecule has 0 bridgehead atoms. The number of aryl methyl sites for hydroxylation is 1. The molecule has 1 aliphatic rings. The smallest absolute Gasteiger partial charge is 0.101 e. The Labute approximate surface area is 114 Å². The van der Waals surface area contributed by atoms with Crippen molar-refractivity contribution in [2.24, 2.45) is 0 Å². The molecule has 0 radical (unpaired) electrons. The van der Waals surface area contributed by atoms with Crippen molar-refractivity contribution >= 4 is 17.4 Å². The number of rotatable bonds is 4. The van der Waals surface area contributed by atoms with Crippen LogP contribution in [-0.2, 0) is 0 Å². The zero-order valence-electron chi connectivity index (χ0n) is 11.1. The molecule has 1 aromatic rings. The van der Waals surface area contributed by atoms with Crippen molar-refractivity contribution in [3.05, 3.63) is 29.3 Å². The Hall–Kier alpha value is -1.14. The normalized spacial score (nSPS) is 22.7. The van der Waals surface area contributed by atoms with E-state index in [1.165, 1.54) is 30.6 Å². The highest BCUT2D eigenvalue weighted by molar-refractivity contribution is 7.99. The number of nitrogens with one attached hydrogen (secondary N) is 1. The topological polar surface area (TPSA) is 35.8 Å². The molecule has 0 aromatic heterocycles. The lowest BCUT2D eigenvalue weighted by molar-refractivity contribution is 0.755. The van der Waals surface area contributed by atoms with Crippen molar-refractivity contribution in [2.45, 2.75) is 44.4 Å². The van der Waals surface area contributed by atoms with Gasteiger partial charge in [0.1, 0.15) is 6.07 Å². The van der Waals surface area contributed by atoms with E-state index in [4.69, 9.17) is 5.26 Å². The lowest BCUT2D eigenvalue weighted by Gasteiger charge is -2.17. The Balaban J connectivity index is 2.05. The van der Waals surface area contributed by atoms with Gasteiger partial charge in [-0.2, -0.15) is 17.0 Å². The van der Waals surface area contributed by atoms with Gasteiger partial charge in [-0.25, -0.2) is 0 Å². The van der Waals surface area contributed by atoms with Crippen molar-refractivity contribution in [2.75, 3.05) is 11.1 Å². The number of anilines is 1. The molecule has 2 atom stereocenters. The summed E-state index contributed by atoms with van der Waals surface area (Å²) in [6.07, 6.45) is 3.73.